The predicted octanol–water partition coefficient (Wildman–Crippen LogP) is 4.05. The van der Waals surface area contributed by atoms with E-state index in [1.165, 1.54) is 25.6 Å². The molecule has 8 nitrogen and oxygen atoms in total. The maximum absolute atomic E-state index is 11.7. The minimum absolute atomic E-state index is 0.0425. The molecule has 0 radical (unpaired) electrons. The number of carboxylic acids is 1. The molecule has 8 heteroatoms. The minimum atomic E-state index is -1.11. The molecular formula is C22H17N3O5. The number of para-hydroxylation sites is 2. The molecule has 0 spiro atoms. The average molecular weight is 403 g/mol. The van der Waals surface area contributed by atoms with Gasteiger partial charge < -0.3 is 19.3 Å². The number of aromatic nitrogens is 2. The van der Waals surface area contributed by atoms with Crippen LogP contribution in [-0.4, -0.2) is 34.8 Å². The van der Waals surface area contributed by atoms with Crippen molar-refractivity contribution in [1.82, 2.24) is 9.97 Å². The van der Waals surface area contributed by atoms with E-state index in [-0.39, 0.29) is 23.9 Å². The Bertz CT molecular complexity index is 1120. The average Bonchev–Trinajstić information content (AvgIpc) is 2.75. The topological polar surface area (TPSA) is 115 Å². The van der Waals surface area contributed by atoms with Crippen molar-refractivity contribution in [3.05, 3.63) is 78.1 Å². The molecule has 1 heterocycles. The van der Waals surface area contributed by atoms with E-state index in [4.69, 9.17) is 14.2 Å². The van der Waals surface area contributed by atoms with E-state index in [0.29, 0.717) is 22.6 Å². The van der Waals surface area contributed by atoms with Crippen molar-refractivity contribution in [3.8, 4) is 29.3 Å². The number of hydrogen-bond donors (Lipinski definition) is 1. The third kappa shape index (κ3) is 4.98. The Morgan fingerprint density at radius 3 is 2.37 bits per heavy atom. The number of rotatable bonds is 8. The molecule has 1 aromatic heterocycles. The van der Waals surface area contributed by atoms with Crippen LogP contribution in [0.2, 0.25) is 0 Å². The largest absolute Gasteiger partial charge is 0.478 e. The molecule has 0 aliphatic heterocycles. The van der Waals surface area contributed by atoms with Gasteiger partial charge in [-0.1, -0.05) is 30.3 Å². The first kappa shape index (κ1) is 20.5. The Morgan fingerprint density at radius 1 is 1.07 bits per heavy atom. The number of carboxylic acid groups (broad SMARTS) is 1. The van der Waals surface area contributed by atoms with Crippen LogP contribution < -0.4 is 9.47 Å². The van der Waals surface area contributed by atoms with Crippen molar-refractivity contribution < 1.29 is 24.1 Å². The first-order valence-electron chi connectivity index (χ1n) is 8.81. The van der Waals surface area contributed by atoms with Gasteiger partial charge in [0.25, 0.3) is 0 Å². The van der Waals surface area contributed by atoms with Crippen LogP contribution in [0.1, 0.15) is 11.1 Å². The molecule has 2 aromatic carbocycles. The smallest absolute Gasteiger partial charge is 0.336 e. The van der Waals surface area contributed by atoms with Crippen molar-refractivity contribution >= 4 is 11.5 Å². The number of methoxy groups -OCH3 is 1. The summed E-state index contributed by atoms with van der Waals surface area (Å²) in [4.78, 5) is 19.8. The fourth-order valence-corrected chi connectivity index (χ4v) is 2.57. The van der Waals surface area contributed by atoms with Gasteiger partial charge in [-0.15, -0.1) is 0 Å². The second-order valence-corrected chi connectivity index (χ2v) is 5.88. The van der Waals surface area contributed by atoms with E-state index in [1.807, 2.05) is 6.07 Å². The molecule has 0 saturated carbocycles. The van der Waals surface area contributed by atoms with Crippen LogP contribution in [0.15, 0.2) is 67.0 Å². The third-order valence-corrected chi connectivity index (χ3v) is 3.92. The van der Waals surface area contributed by atoms with Crippen molar-refractivity contribution in [2.75, 3.05) is 13.7 Å². The number of nitriles is 1. The first-order valence-corrected chi connectivity index (χ1v) is 8.81. The molecule has 0 aliphatic rings. The highest BCUT2D eigenvalue weighted by Gasteiger charge is 2.16. The Kier molecular flexibility index (Phi) is 6.71. The molecule has 150 valence electrons. The highest BCUT2D eigenvalue weighted by atomic mass is 16.5. The normalized spacial score (nSPS) is 10.9. The second-order valence-electron chi connectivity index (χ2n) is 5.88. The van der Waals surface area contributed by atoms with Crippen molar-refractivity contribution in [1.29, 1.82) is 5.26 Å². The third-order valence-electron chi connectivity index (χ3n) is 3.92. The van der Waals surface area contributed by atoms with Crippen LogP contribution in [-0.2, 0) is 9.53 Å². The highest BCUT2D eigenvalue weighted by molar-refractivity contribution is 6.16. The van der Waals surface area contributed by atoms with Crippen LogP contribution in [0.3, 0.4) is 0 Å². The molecule has 30 heavy (non-hydrogen) atoms. The Balaban J connectivity index is 1.89. The molecule has 0 atom stereocenters. The molecule has 0 unspecified atom stereocenters. The van der Waals surface area contributed by atoms with Gasteiger partial charge in [0, 0.05) is 12.7 Å². The van der Waals surface area contributed by atoms with Crippen molar-refractivity contribution in [3.63, 3.8) is 0 Å². The van der Waals surface area contributed by atoms with Crippen molar-refractivity contribution in [2.45, 2.75) is 0 Å². The Morgan fingerprint density at radius 2 is 1.70 bits per heavy atom. The number of ether oxygens (including phenoxy) is 3. The summed E-state index contributed by atoms with van der Waals surface area (Å²) in [5.41, 5.74) is 0.775. The number of aliphatic carboxylic acids is 1. The van der Waals surface area contributed by atoms with Crippen LogP contribution in [0.4, 0.5) is 0 Å². The van der Waals surface area contributed by atoms with Crippen LogP contribution in [0.5, 0.6) is 23.3 Å². The summed E-state index contributed by atoms with van der Waals surface area (Å²) in [6, 6.07) is 16.9. The van der Waals surface area contributed by atoms with Crippen molar-refractivity contribution in [2.24, 2.45) is 0 Å². The summed E-state index contributed by atoms with van der Waals surface area (Å²) in [5, 5.41) is 18.7. The fourth-order valence-electron chi connectivity index (χ4n) is 2.57. The summed E-state index contributed by atoms with van der Waals surface area (Å²) in [7, 11) is 1.48. The maximum Gasteiger partial charge on any atom is 0.336 e. The van der Waals surface area contributed by atoms with Crippen LogP contribution >= 0.6 is 0 Å². The van der Waals surface area contributed by atoms with E-state index >= 15 is 0 Å². The lowest BCUT2D eigenvalue weighted by atomic mass is 10.0. The second kappa shape index (κ2) is 9.82. The van der Waals surface area contributed by atoms with Gasteiger partial charge in [-0.05, 0) is 24.3 Å². The summed E-state index contributed by atoms with van der Waals surface area (Å²) in [6.45, 7) is 0.139. The zero-order chi connectivity index (χ0) is 21.3. The Labute approximate surface area is 172 Å². The summed E-state index contributed by atoms with van der Waals surface area (Å²) < 4.78 is 16.4. The summed E-state index contributed by atoms with van der Waals surface area (Å²) in [6.07, 6.45) is 2.71. The van der Waals surface area contributed by atoms with Crippen LogP contribution in [0.25, 0.3) is 5.57 Å². The lowest BCUT2D eigenvalue weighted by Gasteiger charge is -2.12. The van der Waals surface area contributed by atoms with Gasteiger partial charge >= 0.3 is 5.97 Å². The number of hydrogen-bond acceptors (Lipinski definition) is 7. The molecule has 0 saturated heterocycles. The number of nitrogens with zero attached hydrogens (tertiary/aromatic N) is 3. The summed E-state index contributed by atoms with van der Waals surface area (Å²) >= 11 is 0. The molecule has 0 fully saturated rings. The molecule has 0 aliphatic carbocycles. The quantitative estimate of drug-likeness (QED) is 0.560. The highest BCUT2D eigenvalue weighted by Crippen LogP contribution is 2.31. The number of benzene rings is 2. The van der Waals surface area contributed by atoms with E-state index in [1.54, 1.807) is 48.5 Å². The van der Waals surface area contributed by atoms with Gasteiger partial charge in [-0.25, -0.2) is 14.8 Å². The minimum Gasteiger partial charge on any atom is -0.478 e. The van der Waals surface area contributed by atoms with Gasteiger partial charge in [-0.3, -0.25) is 0 Å². The standard InChI is InChI=1S/C22H17N3O5/c1-28-11-10-17(22(26)27)16-7-3-5-9-19(16)30-21-12-20(24-14-25-21)29-18-8-4-2-6-15(18)13-23/h2-10,12,14H,11H2,1H3,(H,26,27)/b17-10-. The predicted molar refractivity (Wildman–Crippen MR) is 107 cm³/mol. The SMILES string of the molecule is COC/C=C(\C(=O)O)c1ccccc1Oc1cc(Oc2ccccc2C#N)ncn1. The van der Waals surface area contributed by atoms with E-state index < -0.39 is 5.97 Å². The zero-order valence-corrected chi connectivity index (χ0v) is 16.0. The monoisotopic (exact) mass is 403 g/mol. The Hall–Kier alpha value is -4.22. The van der Waals surface area contributed by atoms with Gasteiger partial charge in [0.15, 0.2) is 0 Å². The lowest BCUT2D eigenvalue weighted by molar-refractivity contribution is -0.130. The van der Waals surface area contributed by atoms with E-state index in [2.05, 4.69) is 9.97 Å². The molecule has 0 bridgehead atoms. The fraction of sp³-hybridized carbons (Fsp3) is 0.0909. The maximum atomic E-state index is 11.7. The molecule has 3 rings (SSSR count). The van der Waals surface area contributed by atoms with Gasteiger partial charge in [0.1, 0.15) is 23.9 Å². The molecular weight excluding hydrogens is 386 g/mol. The van der Waals surface area contributed by atoms with E-state index in [9.17, 15) is 15.2 Å². The zero-order valence-electron chi connectivity index (χ0n) is 16.0. The van der Waals surface area contributed by atoms with Gasteiger partial charge in [0.05, 0.1) is 23.8 Å². The molecule has 0 amide bonds. The first-order chi connectivity index (χ1) is 14.6. The van der Waals surface area contributed by atoms with Crippen LogP contribution in [0, 0.1) is 11.3 Å². The number of carbonyl (C=O) groups is 1. The molecule has 3 aromatic rings. The van der Waals surface area contributed by atoms with Gasteiger partial charge in [0.2, 0.25) is 11.8 Å². The molecule has 1 N–H and O–H groups in total. The van der Waals surface area contributed by atoms with E-state index in [0.717, 1.165) is 0 Å². The lowest BCUT2D eigenvalue weighted by Crippen LogP contribution is -2.03. The van der Waals surface area contributed by atoms with Gasteiger partial charge in [-0.2, -0.15) is 5.26 Å². The summed E-state index contributed by atoms with van der Waals surface area (Å²) in [5.74, 6) is -0.139.